The first-order valence-electron chi connectivity index (χ1n) is 13.0. The Labute approximate surface area is 226 Å². The quantitative estimate of drug-likeness (QED) is 0.519. The minimum absolute atomic E-state index is 0.00655. The van der Waals surface area contributed by atoms with E-state index in [-0.39, 0.29) is 28.7 Å². The fraction of sp³-hybridized carbons (Fsp3) is 0.357. The molecule has 9 nitrogen and oxygen atoms in total. The molecule has 6 rings (SSSR count). The number of sulfonamides is 1. The Bertz CT molecular complexity index is 1540. The van der Waals surface area contributed by atoms with E-state index in [2.05, 4.69) is 15.3 Å². The van der Waals surface area contributed by atoms with Crippen molar-refractivity contribution in [3.8, 4) is 0 Å². The molecule has 39 heavy (non-hydrogen) atoms. The van der Waals surface area contributed by atoms with Gasteiger partial charge < -0.3 is 10.2 Å². The molecule has 1 atom stereocenters. The zero-order chi connectivity index (χ0) is 27.4. The number of amides is 2. The van der Waals surface area contributed by atoms with E-state index >= 15 is 0 Å². The van der Waals surface area contributed by atoms with Crippen molar-refractivity contribution in [1.82, 2.24) is 14.9 Å². The Kier molecular flexibility index (Phi) is 6.13. The first-order valence-corrected chi connectivity index (χ1v) is 14.4. The second-order valence-corrected chi connectivity index (χ2v) is 12.3. The van der Waals surface area contributed by atoms with Crippen LogP contribution in [0.2, 0.25) is 0 Å². The van der Waals surface area contributed by atoms with Crippen LogP contribution in [0.15, 0.2) is 66.1 Å². The average Bonchev–Trinajstić information content (AvgIpc) is 3.74. The van der Waals surface area contributed by atoms with Crippen LogP contribution >= 0.6 is 0 Å². The molecule has 11 heteroatoms. The summed E-state index contributed by atoms with van der Waals surface area (Å²) in [4.78, 5) is 34.6. The van der Waals surface area contributed by atoms with E-state index in [1.54, 1.807) is 24.0 Å². The lowest BCUT2D eigenvalue weighted by Crippen LogP contribution is -2.54. The van der Waals surface area contributed by atoms with E-state index in [9.17, 15) is 22.4 Å². The van der Waals surface area contributed by atoms with Gasteiger partial charge in [0, 0.05) is 43.5 Å². The highest BCUT2D eigenvalue weighted by atomic mass is 32.2. The van der Waals surface area contributed by atoms with Crippen LogP contribution in [-0.4, -0.2) is 54.2 Å². The smallest absolute Gasteiger partial charge is 0.264 e. The number of halogens is 1. The highest BCUT2D eigenvalue weighted by Crippen LogP contribution is 2.59. The number of hydrogen-bond donors (Lipinski definition) is 1. The summed E-state index contributed by atoms with van der Waals surface area (Å²) in [6.07, 6.45) is 7.20. The molecule has 3 aromatic rings. The van der Waals surface area contributed by atoms with Crippen LogP contribution in [0.25, 0.3) is 0 Å². The van der Waals surface area contributed by atoms with Crippen LogP contribution in [0.4, 0.5) is 15.8 Å². The topological polar surface area (TPSA) is 113 Å². The van der Waals surface area contributed by atoms with Crippen LogP contribution in [0.5, 0.6) is 0 Å². The van der Waals surface area contributed by atoms with Gasteiger partial charge >= 0.3 is 0 Å². The molecule has 2 amide bonds. The van der Waals surface area contributed by atoms with Crippen molar-refractivity contribution in [1.29, 1.82) is 0 Å². The summed E-state index contributed by atoms with van der Waals surface area (Å²) in [6, 6.07) is 9.88. The van der Waals surface area contributed by atoms with E-state index in [0.717, 1.165) is 30.5 Å². The van der Waals surface area contributed by atoms with E-state index in [1.807, 2.05) is 6.07 Å². The minimum Gasteiger partial charge on any atom is -0.343 e. The predicted octanol–water partition coefficient (Wildman–Crippen LogP) is 3.74. The first-order chi connectivity index (χ1) is 18.7. The van der Waals surface area contributed by atoms with Crippen molar-refractivity contribution in [2.75, 3.05) is 22.7 Å². The number of carbonyl (C=O) groups excluding carboxylic acids is 2. The van der Waals surface area contributed by atoms with Crippen molar-refractivity contribution in [2.24, 2.45) is 5.92 Å². The standard InChI is InChI=1S/C28H28FN5O4S/c1-18(35)33-12-10-28(11-13-33)24-14-22(32-27(36)20-15-30-17-31-16-20)6-9-25(24)34(26(28)19-2-3-19)39(37,38)23-7-4-21(29)5-8-23/h4-9,14-17,19,26H,2-3,10-13H2,1H3,(H,32,36). The molecule has 1 N–H and O–H groups in total. The van der Waals surface area contributed by atoms with Gasteiger partial charge in [-0.25, -0.2) is 22.8 Å². The Balaban J connectivity index is 1.46. The number of benzene rings is 2. The van der Waals surface area contributed by atoms with Gasteiger partial charge in [0.25, 0.3) is 15.9 Å². The highest BCUT2D eigenvalue weighted by Gasteiger charge is 2.60. The lowest BCUT2D eigenvalue weighted by atomic mass is 9.68. The van der Waals surface area contributed by atoms with Crippen LogP contribution in [0.3, 0.4) is 0 Å². The van der Waals surface area contributed by atoms with Gasteiger partial charge in [0.05, 0.1) is 22.2 Å². The number of fused-ring (bicyclic) bond motifs is 2. The van der Waals surface area contributed by atoms with Crippen LogP contribution in [0, 0.1) is 11.7 Å². The fourth-order valence-electron chi connectivity index (χ4n) is 6.20. The number of anilines is 2. The van der Waals surface area contributed by atoms with Crippen molar-refractivity contribution < 1.29 is 22.4 Å². The van der Waals surface area contributed by atoms with Crippen molar-refractivity contribution in [2.45, 2.75) is 49.0 Å². The van der Waals surface area contributed by atoms with Gasteiger partial charge in [-0.2, -0.15) is 0 Å². The summed E-state index contributed by atoms with van der Waals surface area (Å²) in [5.74, 6) is -0.723. The number of rotatable bonds is 5. The third-order valence-electron chi connectivity index (χ3n) is 8.21. The van der Waals surface area contributed by atoms with Crippen molar-refractivity contribution in [3.05, 3.63) is 78.1 Å². The zero-order valence-electron chi connectivity index (χ0n) is 21.4. The lowest BCUT2D eigenvalue weighted by molar-refractivity contribution is -0.130. The monoisotopic (exact) mass is 549 g/mol. The van der Waals surface area contributed by atoms with Gasteiger partial charge in [0.1, 0.15) is 12.1 Å². The van der Waals surface area contributed by atoms with Gasteiger partial charge in [0.2, 0.25) is 5.91 Å². The summed E-state index contributed by atoms with van der Waals surface area (Å²) in [5, 5.41) is 2.90. The third-order valence-corrected chi connectivity index (χ3v) is 10.0. The molecular formula is C28H28FN5O4S. The van der Waals surface area contributed by atoms with Crippen molar-refractivity contribution >= 4 is 33.2 Å². The fourth-order valence-corrected chi connectivity index (χ4v) is 8.00. The molecule has 1 aromatic heterocycles. The molecule has 202 valence electrons. The predicted molar refractivity (Wildman–Crippen MR) is 142 cm³/mol. The molecule has 0 bridgehead atoms. The molecule has 3 heterocycles. The van der Waals surface area contributed by atoms with E-state index in [1.165, 1.54) is 35.2 Å². The Hall–Kier alpha value is -3.86. The largest absolute Gasteiger partial charge is 0.343 e. The number of nitrogens with zero attached hydrogens (tertiary/aromatic N) is 4. The molecule has 2 fully saturated rings. The van der Waals surface area contributed by atoms with Crippen LogP contribution in [-0.2, 0) is 20.2 Å². The Morgan fingerprint density at radius 1 is 1.03 bits per heavy atom. The van der Waals surface area contributed by atoms with Gasteiger partial charge in [-0.3, -0.25) is 13.9 Å². The first kappa shape index (κ1) is 25.4. The van der Waals surface area contributed by atoms with Crippen molar-refractivity contribution in [3.63, 3.8) is 0 Å². The van der Waals surface area contributed by atoms with E-state index in [0.29, 0.717) is 42.9 Å². The second kappa shape index (κ2) is 9.41. The molecule has 1 aliphatic carbocycles. The molecule has 1 spiro atoms. The number of piperidine rings is 1. The summed E-state index contributed by atoms with van der Waals surface area (Å²) in [7, 11) is -4.02. The van der Waals surface area contributed by atoms with Gasteiger partial charge in [-0.05, 0) is 79.6 Å². The van der Waals surface area contributed by atoms with Gasteiger partial charge in [0.15, 0.2) is 0 Å². The number of likely N-dealkylation sites (tertiary alicyclic amines) is 1. The highest BCUT2D eigenvalue weighted by molar-refractivity contribution is 7.92. The molecule has 3 aliphatic rings. The normalized spacial score (nSPS) is 20.1. The molecular weight excluding hydrogens is 521 g/mol. The minimum atomic E-state index is -4.02. The maximum Gasteiger partial charge on any atom is 0.264 e. The maximum absolute atomic E-state index is 14.2. The summed E-state index contributed by atoms with van der Waals surface area (Å²) in [6.45, 7) is 2.58. The van der Waals surface area contributed by atoms with E-state index in [4.69, 9.17) is 0 Å². The third kappa shape index (κ3) is 4.34. The van der Waals surface area contributed by atoms with Crippen LogP contribution in [0.1, 0.15) is 48.5 Å². The molecule has 2 aromatic carbocycles. The average molecular weight is 550 g/mol. The molecule has 0 radical (unpaired) electrons. The molecule has 2 aliphatic heterocycles. The second-order valence-electron chi connectivity index (χ2n) is 10.5. The van der Waals surface area contributed by atoms with E-state index < -0.39 is 21.3 Å². The number of aromatic nitrogens is 2. The van der Waals surface area contributed by atoms with Gasteiger partial charge in [-0.15, -0.1) is 0 Å². The SMILES string of the molecule is CC(=O)N1CCC2(CC1)c1cc(NC(=O)c3cncnc3)ccc1N(S(=O)(=O)c1ccc(F)cc1)C2C1CC1. The number of hydrogen-bond acceptors (Lipinski definition) is 6. The van der Waals surface area contributed by atoms with Gasteiger partial charge in [-0.1, -0.05) is 0 Å². The lowest BCUT2D eigenvalue weighted by Gasteiger charge is -2.45. The zero-order valence-corrected chi connectivity index (χ0v) is 22.2. The Morgan fingerprint density at radius 3 is 2.31 bits per heavy atom. The Morgan fingerprint density at radius 2 is 1.69 bits per heavy atom. The maximum atomic E-state index is 14.2. The van der Waals surface area contributed by atoms with Crippen LogP contribution < -0.4 is 9.62 Å². The summed E-state index contributed by atoms with van der Waals surface area (Å²) < 4.78 is 43.5. The molecule has 1 unspecified atom stereocenters. The number of nitrogens with one attached hydrogen (secondary N) is 1. The number of carbonyl (C=O) groups is 2. The molecule has 1 saturated carbocycles. The summed E-state index contributed by atoms with van der Waals surface area (Å²) in [5.41, 5.74) is 1.71. The summed E-state index contributed by atoms with van der Waals surface area (Å²) >= 11 is 0. The molecule has 1 saturated heterocycles.